The summed E-state index contributed by atoms with van der Waals surface area (Å²) in [5.74, 6) is 1.55. The van der Waals surface area contributed by atoms with E-state index in [1.54, 1.807) is 7.11 Å². The van der Waals surface area contributed by atoms with Crippen LogP contribution in [0.3, 0.4) is 0 Å². The highest BCUT2D eigenvalue weighted by Crippen LogP contribution is 2.21. The Labute approximate surface area is 167 Å². The predicted molar refractivity (Wildman–Crippen MR) is 111 cm³/mol. The first-order valence-electron chi connectivity index (χ1n) is 9.80. The molecule has 1 saturated heterocycles. The van der Waals surface area contributed by atoms with E-state index in [-0.39, 0.29) is 5.82 Å². The lowest BCUT2D eigenvalue weighted by Gasteiger charge is -2.40. The van der Waals surface area contributed by atoms with Gasteiger partial charge in [0.1, 0.15) is 11.6 Å². The molecule has 5 heteroatoms. The van der Waals surface area contributed by atoms with Gasteiger partial charge < -0.3 is 19.9 Å². The van der Waals surface area contributed by atoms with Gasteiger partial charge in [0.25, 0.3) is 0 Å². The number of piperidine rings is 1. The Hall–Kier alpha value is -2.53. The molecule has 1 aliphatic rings. The number of likely N-dealkylation sites (N-methyl/N-ethyl adjacent to an activating group) is 1. The van der Waals surface area contributed by atoms with Gasteiger partial charge >= 0.3 is 0 Å². The fourth-order valence-electron chi connectivity index (χ4n) is 3.67. The zero-order chi connectivity index (χ0) is 19.9. The van der Waals surface area contributed by atoms with Gasteiger partial charge in [0.15, 0.2) is 0 Å². The van der Waals surface area contributed by atoms with Gasteiger partial charge in [0, 0.05) is 25.7 Å². The molecule has 0 saturated carbocycles. The van der Waals surface area contributed by atoms with Crippen LogP contribution in [0.1, 0.15) is 24.0 Å². The number of hydrogen-bond donors (Lipinski definition) is 1. The van der Waals surface area contributed by atoms with Crippen molar-refractivity contribution in [3.63, 3.8) is 0 Å². The maximum atomic E-state index is 13.3. The average Bonchev–Trinajstić information content (AvgIpc) is 2.72. The topological polar surface area (TPSA) is 27.7 Å². The second-order valence-electron chi connectivity index (χ2n) is 7.46. The normalized spacial score (nSPS) is 17.2. The maximum absolute atomic E-state index is 13.3. The van der Waals surface area contributed by atoms with E-state index in [4.69, 9.17) is 4.74 Å². The van der Waals surface area contributed by atoms with Crippen molar-refractivity contribution < 1.29 is 9.13 Å². The highest BCUT2D eigenvalue weighted by molar-refractivity contribution is 5.27. The van der Waals surface area contributed by atoms with Crippen LogP contribution in [-0.4, -0.2) is 43.1 Å². The predicted octanol–water partition coefficient (Wildman–Crippen LogP) is 3.99. The third-order valence-electron chi connectivity index (χ3n) is 5.31. The van der Waals surface area contributed by atoms with E-state index >= 15 is 0 Å². The van der Waals surface area contributed by atoms with Crippen molar-refractivity contribution in [2.45, 2.75) is 32.0 Å². The van der Waals surface area contributed by atoms with Gasteiger partial charge in [-0.2, -0.15) is 0 Å². The minimum absolute atomic E-state index is 0.204. The molecule has 2 aromatic rings. The van der Waals surface area contributed by atoms with E-state index in [0.717, 1.165) is 36.6 Å². The molecule has 28 heavy (non-hydrogen) atoms. The number of halogens is 1. The average molecular weight is 384 g/mol. The van der Waals surface area contributed by atoms with Gasteiger partial charge in [-0.3, -0.25) is 0 Å². The van der Waals surface area contributed by atoms with Crippen molar-refractivity contribution in [1.29, 1.82) is 0 Å². The summed E-state index contributed by atoms with van der Waals surface area (Å²) in [4.78, 5) is 4.69. The fraction of sp³-hybridized carbons (Fsp3) is 0.391. The third kappa shape index (κ3) is 5.49. The molecule has 1 atom stereocenters. The number of rotatable bonds is 8. The Morgan fingerprint density at radius 1 is 1.18 bits per heavy atom. The molecule has 0 aliphatic carbocycles. The van der Waals surface area contributed by atoms with Gasteiger partial charge in [-0.25, -0.2) is 4.39 Å². The summed E-state index contributed by atoms with van der Waals surface area (Å²) in [6.07, 6.45) is 2.31. The molecule has 3 rings (SSSR count). The van der Waals surface area contributed by atoms with Gasteiger partial charge in [-0.15, -0.1) is 0 Å². The van der Waals surface area contributed by atoms with E-state index < -0.39 is 0 Å². The molecule has 0 unspecified atom stereocenters. The molecule has 0 bridgehead atoms. The van der Waals surface area contributed by atoms with Crippen LogP contribution in [0, 0.1) is 5.82 Å². The number of methoxy groups -OCH3 is 1. The molecule has 0 spiro atoms. The van der Waals surface area contributed by atoms with Crippen molar-refractivity contribution in [2.24, 2.45) is 0 Å². The molecule has 150 valence electrons. The molecular weight excluding hydrogens is 353 g/mol. The molecule has 1 N–H and O–H groups in total. The van der Waals surface area contributed by atoms with Crippen LogP contribution in [0.15, 0.2) is 60.9 Å². The van der Waals surface area contributed by atoms with E-state index in [9.17, 15) is 4.39 Å². The molecule has 2 aromatic carbocycles. The van der Waals surface area contributed by atoms with Crippen molar-refractivity contribution in [3.05, 3.63) is 77.9 Å². The molecular formula is C23H30FN3O. The lowest BCUT2D eigenvalue weighted by Crippen LogP contribution is -2.47. The van der Waals surface area contributed by atoms with Crippen LogP contribution in [-0.2, 0) is 13.1 Å². The molecule has 1 aliphatic heterocycles. The molecule has 0 aromatic heterocycles. The molecule has 1 fully saturated rings. The summed E-state index contributed by atoms with van der Waals surface area (Å²) in [5.41, 5.74) is 2.26. The highest BCUT2D eigenvalue weighted by Gasteiger charge is 2.24. The number of nitrogens with zero attached hydrogens (tertiary/aromatic N) is 2. The SMILES string of the molecule is C=C(NCc1ccc(OC)cc1)N(Cc1ccc(F)cc1)[C@@H]1CCCN(C)C1. The third-order valence-corrected chi connectivity index (χ3v) is 5.31. The zero-order valence-electron chi connectivity index (χ0n) is 16.8. The van der Waals surface area contributed by atoms with E-state index in [1.807, 2.05) is 24.3 Å². The van der Waals surface area contributed by atoms with Crippen LogP contribution in [0.4, 0.5) is 4.39 Å². The van der Waals surface area contributed by atoms with Crippen molar-refractivity contribution in [3.8, 4) is 5.75 Å². The summed E-state index contributed by atoms with van der Waals surface area (Å²) in [6, 6.07) is 15.2. The first kappa shape index (κ1) is 20.2. The summed E-state index contributed by atoms with van der Waals surface area (Å²) in [5, 5.41) is 3.48. The molecule has 1 heterocycles. The Kier molecular flexibility index (Phi) is 6.93. The Morgan fingerprint density at radius 2 is 1.86 bits per heavy atom. The summed E-state index contributed by atoms with van der Waals surface area (Å²) >= 11 is 0. The highest BCUT2D eigenvalue weighted by atomic mass is 19.1. The van der Waals surface area contributed by atoms with Crippen LogP contribution in [0.5, 0.6) is 5.75 Å². The quantitative estimate of drug-likeness (QED) is 0.746. The number of likely N-dealkylation sites (tertiary alicyclic amines) is 1. The lowest BCUT2D eigenvalue weighted by molar-refractivity contribution is 0.128. The van der Waals surface area contributed by atoms with Crippen LogP contribution in [0.25, 0.3) is 0 Å². The second-order valence-corrected chi connectivity index (χ2v) is 7.46. The van der Waals surface area contributed by atoms with Gasteiger partial charge in [0.05, 0.1) is 12.9 Å². The monoisotopic (exact) mass is 383 g/mol. The minimum atomic E-state index is -0.204. The van der Waals surface area contributed by atoms with Crippen molar-refractivity contribution in [1.82, 2.24) is 15.1 Å². The molecule has 4 nitrogen and oxygen atoms in total. The number of ether oxygens (including phenoxy) is 1. The largest absolute Gasteiger partial charge is 0.497 e. The van der Waals surface area contributed by atoms with Crippen LogP contribution < -0.4 is 10.1 Å². The van der Waals surface area contributed by atoms with Gasteiger partial charge in [-0.05, 0) is 61.8 Å². The number of hydrogen-bond acceptors (Lipinski definition) is 4. The Balaban J connectivity index is 1.68. The van der Waals surface area contributed by atoms with E-state index in [1.165, 1.54) is 24.1 Å². The lowest BCUT2D eigenvalue weighted by atomic mass is 10.0. The van der Waals surface area contributed by atoms with Crippen LogP contribution in [0.2, 0.25) is 0 Å². The minimum Gasteiger partial charge on any atom is -0.497 e. The Bertz CT molecular complexity index is 760. The Morgan fingerprint density at radius 3 is 2.50 bits per heavy atom. The second kappa shape index (κ2) is 9.60. The maximum Gasteiger partial charge on any atom is 0.123 e. The van der Waals surface area contributed by atoms with Crippen LogP contribution >= 0.6 is 0 Å². The first-order valence-corrected chi connectivity index (χ1v) is 9.80. The molecule has 0 radical (unpaired) electrons. The smallest absolute Gasteiger partial charge is 0.123 e. The zero-order valence-corrected chi connectivity index (χ0v) is 16.8. The van der Waals surface area contributed by atoms with Crippen molar-refractivity contribution in [2.75, 3.05) is 27.2 Å². The van der Waals surface area contributed by atoms with E-state index in [0.29, 0.717) is 19.1 Å². The molecule has 0 amide bonds. The van der Waals surface area contributed by atoms with E-state index in [2.05, 4.69) is 40.9 Å². The number of benzene rings is 2. The van der Waals surface area contributed by atoms with Gasteiger partial charge in [-0.1, -0.05) is 30.8 Å². The fourth-order valence-corrected chi connectivity index (χ4v) is 3.67. The van der Waals surface area contributed by atoms with Gasteiger partial charge in [0.2, 0.25) is 0 Å². The standard InChI is InChI=1S/C23H30FN3O/c1-18(25-15-19-8-12-23(28-3)13-9-19)27(22-5-4-14-26(2)17-22)16-20-6-10-21(24)11-7-20/h6-13,22,25H,1,4-5,14-17H2,2-3H3/t22-/m1/s1. The first-order chi connectivity index (χ1) is 13.5. The summed E-state index contributed by atoms with van der Waals surface area (Å²) in [6.45, 7) is 7.87. The summed E-state index contributed by atoms with van der Waals surface area (Å²) < 4.78 is 18.5. The summed E-state index contributed by atoms with van der Waals surface area (Å²) in [7, 11) is 3.83. The number of nitrogens with one attached hydrogen (secondary N) is 1. The van der Waals surface area contributed by atoms with Crippen molar-refractivity contribution >= 4 is 0 Å².